The summed E-state index contributed by atoms with van der Waals surface area (Å²) in [6.45, 7) is 2.01. The van der Waals surface area contributed by atoms with E-state index < -0.39 is 0 Å². The van der Waals surface area contributed by atoms with Crippen LogP contribution in [0, 0.1) is 0 Å². The average molecular weight is 478 g/mol. The molecule has 0 aliphatic rings. The fourth-order valence-electron chi connectivity index (χ4n) is 2.57. The van der Waals surface area contributed by atoms with Crippen LogP contribution in [0.1, 0.15) is 30.2 Å². The standard InChI is InChI=1S/C20H20BrN3O2S2/c1-13(25)22-11-14-5-7-15(8-6-14)17-12-27-20(23-17)24-19(26)4-2-3-16-9-10-18(21)28-16/h5-10,12H,2-4,11H2,1H3,(H,22,25)(H,23,24,26). The van der Waals surface area contributed by atoms with Crippen molar-refractivity contribution in [3.05, 3.63) is 56.0 Å². The van der Waals surface area contributed by atoms with E-state index in [4.69, 9.17) is 0 Å². The molecule has 0 bridgehead atoms. The van der Waals surface area contributed by atoms with Gasteiger partial charge in [0.2, 0.25) is 11.8 Å². The van der Waals surface area contributed by atoms with Crippen molar-refractivity contribution in [2.45, 2.75) is 32.7 Å². The van der Waals surface area contributed by atoms with E-state index in [9.17, 15) is 9.59 Å². The third-order valence-electron chi connectivity index (χ3n) is 4.00. The van der Waals surface area contributed by atoms with Crippen LogP contribution in [-0.4, -0.2) is 16.8 Å². The Bertz CT molecular complexity index is 951. The van der Waals surface area contributed by atoms with Crippen molar-refractivity contribution in [1.29, 1.82) is 0 Å². The molecule has 0 radical (unpaired) electrons. The first kappa shape index (κ1) is 20.7. The van der Waals surface area contributed by atoms with E-state index in [2.05, 4.69) is 37.6 Å². The van der Waals surface area contributed by atoms with Gasteiger partial charge in [0.25, 0.3) is 0 Å². The van der Waals surface area contributed by atoms with Gasteiger partial charge in [-0.15, -0.1) is 22.7 Å². The Morgan fingerprint density at radius 2 is 1.93 bits per heavy atom. The highest BCUT2D eigenvalue weighted by Crippen LogP contribution is 2.26. The molecule has 2 N–H and O–H groups in total. The fraction of sp³-hybridized carbons (Fsp3) is 0.250. The zero-order chi connectivity index (χ0) is 19.9. The number of amides is 2. The first-order valence-corrected chi connectivity index (χ1v) is 11.3. The number of hydrogen-bond donors (Lipinski definition) is 2. The number of nitrogens with zero attached hydrogens (tertiary/aromatic N) is 1. The molecule has 0 saturated heterocycles. The summed E-state index contributed by atoms with van der Waals surface area (Å²) in [5.41, 5.74) is 2.84. The van der Waals surface area contributed by atoms with Crippen LogP contribution >= 0.6 is 38.6 Å². The van der Waals surface area contributed by atoms with Crippen molar-refractivity contribution < 1.29 is 9.59 Å². The van der Waals surface area contributed by atoms with Crippen molar-refractivity contribution in [1.82, 2.24) is 10.3 Å². The average Bonchev–Trinajstić information content (AvgIpc) is 3.29. The topological polar surface area (TPSA) is 71.1 Å². The number of nitrogens with one attached hydrogen (secondary N) is 2. The Kier molecular flexibility index (Phi) is 7.36. The molecule has 0 spiro atoms. The Morgan fingerprint density at radius 3 is 2.61 bits per heavy atom. The maximum atomic E-state index is 12.1. The zero-order valence-corrected chi connectivity index (χ0v) is 18.5. The second-order valence-electron chi connectivity index (χ2n) is 6.25. The quantitative estimate of drug-likeness (QED) is 0.466. The molecule has 3 aromatic rings. The molecule has 0 fully saturated rings. The second-order valence-corrected chi connectivity index (χ2v) is 9.66. The number of halogens is 1. The summed E-state index contributed by atoms with van der Waals surface area (Å²) >= 11 is 6.58. The number of thiazole rings is 1. The monoisotopic (exact) mass is 477 g/mol. The molecule has 8 heteroatoms. The van der Waals surface area contributed by atoms with E-state index in [0.717, 1.165) is 33.4 Å². The summed E-state index contributed by atoms with van der Waals surface area (Å²) in [4.78, 5) is 28.9. The number of thiophene rings is 1. The van der Waals surface area contributed by atoms with E-state index in [1.54, 1.807) is 11.3 Å². The molecule has 2 aromatic heterocycles. The van der Waals surface area contributed by atoms with Crippen LogP contribution in [0.25, 0.3) is 11.3 Å². The molecule has 0 unspecified atom stereocenters. The molecule has 0 atom stereocenters. The number of carbonyl (C=O) groups excluding carboxylic acids is 2. The predicted molar refractivity (Wildman–Crippen MR) is 119 cm³/mol. The number of benzene rings is 1. The number of aryl methyl sites for hydroxylation is 1. The normalized spacial score (nSPS) is 10.6. The number of hydrogen-bond acceptors (Lipinski definition) is 5. The maximum Gasteiger partial charge on any atom is 0.226 e. The Hall–Kier alpha value is -2.03. The van der Waals surface area contributed by atoms with Crippen LogP contribution in [0.3, 0.4) is 0 Å². The molecule has 1 aromatic carbocycles. The predicted octanol–water partition coefficient (Wildman–Crippen LogP) is 5.23. The second kappa shape index (κ2) is 9.95. The summed E-state index contributed by atoms with van der Waals surface area (Å²) in [5, 5.41) is 8.20. The van der Waals surface area contributed by atoms with Crippen LogP contribution < -0.4 is 10.6 Å². The minimum absolute atomic E-state index is 0.0119. The SMILES string of the molecule is CC(=O)NCc1ccc(-c2csc(NC(=O)CCCc3ccc(Br)s3)n2)cc1. The molecular weight excluding hydrogens is 458 g/mol. The summed E-state index contributed by atoms with van der Waals surface area (Å²) in [6, 6.07) is 12.0. The Labute approximate surface area is 180 Å². The van der Waals surface area contributed by atoms with Gasteiger partial charge in [-0.1, -0.05) is 24.3 Å². The third-order valence-corrected chi connectivity index (χ3v) is 6.44. The smallest absolute Gasteiger partial charge is 0.226 e. The number of aromatic nitrogens is 1. The first-order chi connectivity index (χ1) is 13.5. The molecule has 5 nitrogen and oxygen atoms in total. The minimum Gasteiger partial charge on any atom is -0.352 e. The van der Waals surface area contributed by atoms with E-state index in [1.165, 1.54) is 23.1 Å². The van der Waals surface area contributed by atoms with Crippen LogP contribution in [0.2, 0.25) is 0 Å². The number of carbonyl (C=O) groups is 2. The van der Waals surface area contributed by atoms with Crippen molar-refractivity contribution in [3.63, 3.8) is 0 Å². The summed E-state index contributed by atoms with van der Waals surface area (Å²) in [5.74, 6) is -0.0607. The molecule has 28 heavy (non-hydrogen) atoms. The highest BCUT2D eigenvalue weighted by Gasteiger charge is 2.09. The van der Waals surface area contributed by atoms with E-state index in [-0.39, 0.29) is 11.8 Å². The highest BCUT2D eigenvalue weighted by molar-refractivity contribution is 9.11. The summed E-state index contributed by atoms with van der Waals surface area (Å²) in [6.07, 6.45) is 2.19. The molecule has 2 heterocycles. The fourth-order valence-corrected chi connectivity index (χ4v) is 4.84. The van der Waals surface area contributed by atoms with Gasteiger partial charge in [0.1, 0.15) is 0 Å². The zero-order valence-electron chi connectivity index (χ0n) is 15.3. The van der Waals surface area contributed by atoms with E-state index >= 15 is 0 Å². The van der Waals surface area contributed by atoms with Gasteiger partial charge < -0.3 is 10.6 Å². The molecule has 3 rings (SSSR count). The van der Waals surface area contributed by atoms with Gasteiger partial charge in [0, 0.05) is 35.7 Å². The molecule has 146 valence electrons. The van der Waals surface area contributed by atoms with Gasteiger partial charge in [0.05, 0.1) is 9.48 Å². The molecule has 0 aliphatic heterocycles. The maximum absolute atomic E-state index is 12.1. The molecular formula is C20H20BrN3O2S2. The Balaban J connectivity index is 1.49. The van der Waals surface area contributed by atoms with Crippen LogP contribution in [0.15, 0.2) is 45.6 Å². The first-order valence-electron chi connectivity index (χ1n) is 8.83. The molecule has 0 aliphatic carbocycles. The third kappa shape index (κ3) is 6.25. The molecule has 2 amide bonds. The van der Waals surface area contributed by atoms with Gasteiger partial charge in [0.15, 0.2) is 5.13 Å². The lowest BCUT2D eigenvalue weighted by Gasteiger charge is -2.03. The van der Waals surface area contributed by atoms with Crippen molar-refractivity contribution in [3.8, 4) is 11.3 Å². The lowest BCUT2D eigenvalue weighted by atomic mass is 10.1. The number of anilines is 1. The minimum atomic E-state index is -0.0489. The van der Waals surface area contributed by atoms with Crippen LogP contribution in [0.4, 0.5) is 5.13 Å². The van der Waals surface area contributed by atoms with Crippen LogP contribution in [-0.2, 0) is 22.6 Å². The van der Waals surface area contributed by atoms with Gasteiger partial charge >= 0.3 is 0 Å². The largest absolute Gasteiger partial charge is 0.352 e. The summed E-state index contributed by atoms with van der Waals surface area (Å²) in [7, 11) is 0. The van der Waals surface area contributed by atoms with E-state index in [0.29, 0.717) is 18.1 Å². The van der Waals surface area contributed by atoms with Crippen molar-refractivity contribution in [2.24, 2.45) is 0 Å². The summed E-state index contributed by atoms with van der Waals surface area (Å²) < 4.78 is 1.12. The van der Waals surface area contributed by atoms with Crippen LogP contribution in [0.5, 0.6) is 0 Å². The molecule has 0 saturated carbocycles. The van der Waals surface area contributed by atoms with Crippen molar-refractivity contribution >= 4 is 55.5 Å². The lowest BCUT2D eigenvalue weighted by molar-refractivity contribution is -0.119. The number of rotatable bonds is 8. The van der Waals surface area contributed by atoms with Gasteiger partial charge in [-0.05, 0) is 46.5 Å². The van der Waals surface area contributed by atoms with Crippen molar-refractivity contribution in [2.75, 3.05) is 5.32 Å². The lowest BCUT2D eigenvalue weighted by Crippen LogP contribution is -2.18. The van der Waals surface area contributed by atoms with E-state index in [1.807, 2.05) is 35.7 Å². The van der Waals surface area contributed by atoms with Gasteiger partial charge in [-0.25, -0.2) is 4.98 Å². The Morgan fingerprint density at radius 1 is 1.14 bits per heavy atom. The van der Waals surface area contributed by atoms with Gasteiger partial charge in [-0.2, -0.15) is 0 Å². The van der Waals surface area contributed by atoms with Gasteiger partial charge in [-0.3, -0.25) is 9.59 Å². The highest BCUT2D eigenvalue weighted by atomic mass is 79.9.